The molecule has 0 aliphatic carbocycles. The molecule has 0 unspecified atom stereocenters. The number of furan rings is 1. The first-order valence-corrected chi connectivity index (χ1v) is 9.81. The summed E-state index contributed by atoms with van der Waals surface area (Å²) in [5.74, 6) is 1.37. The Morgan fingerprint density at radius 3 is 2.56 bits per heavy atom. The predicted molar refractivity (Wildman–Crippen MR) is 107 cm³/mol. The third-order valence-corrected chi connectivity index (χ3v) is 5.61. The lowest BCUT2D eigenvalue weighted by atomic mass is 10.1. The second-order valence-corrected chi connectivity index (χ2v) is 7.79. The molecular formula is C15H24F3IN4O3S. The Bertz CT molecular complexity index is 688. The van der Waals surface area contributed by atoms with Gasteiger partial charge in [-0.2, -0.15) is 17.5 Å². The first-order valence-electron chi connectivity index (χ1n) is 8.37. The van der Waals surface area contributed by atoms with Crippen molar-refractivity contribution in [3.8, 4) is 0 Å². The first-order chi connectivity index (χ1) is 12.2. The van der Waals surface area contributed by atoms with Crippen molar-refractivity contribution in [2.45, 2.75) is 37.7 Å². The third-order valence-electron chi connectivity index (χ3n) is 3.98. The van der Waals surface area contributed by atoms with Crippen molar-refractivity contribution >= 4 is 40.0 Å². The molecule has 1 aromatic rings. The topological polar surface area (TPSA) is 86.9 Å². The largest absolute Gasteiger partial charge is 0.511 e. The van der Waals surface area contributed by atoms with E-state index < -0.39 is 15.5 Å². The van der Waals surface area contributed by atoms with Crippen LogP contribution in [0.4, 0.5) is 13.2 Å². The molecule has 27 heavy (non-hydrogen) atoms. The van der Waals surface area contributed by atoms with Crippen molar-refractivity contribution in [2.24, 2.45) is 4.99 Å². The van der Waals surface area contributed by atoms with Crippen LogP contribution in [-0.2, 0) is 16.4 Å². The van der Waals surface area contributed by atoms with Gasteiger partial charge in [-0.15, -0.1) is 24.0 Å². The molecule has 2 N–H and O–H groups in total. The highest BCUT2D eigenvalue weighted by atomic mass is 127. The smallest absolute Gasteiger partial charge is 0.469 e. The van der Waals surface area contributed by atoms with E-state index >= 15 is 0 Å². The van der Waals surface area contributed by atoms with Crippen LogP contribution in [0.15, 0.2) is 27.8 Å². The molecule has 0 radical (unpaired) electrons. The maximum atomic E-state index is 12.6. The lowest BCUT2D eigenvalue weighted by Gasteiger charge is -2.32. The zero-order valence-corrected chi connectivity index (χ0v) is 18.0. The summed E-state index contributed by atoms with van der Waals surface area (Å²) in [6, 6.07) is 3.51. The van der Waals surface area contributed by atoms with Gasteiger partial charge < -0.3 is 15.1 Å². The number of nitrogens with one attached hydrogen (secondary N) is 2. The van der Waals surface area contributed by atoms with Gasteiger partial charge in [0.15, 0.2) is 5.96 Å². The number of alkyl halides is 3. The van der Waals surface area contributed by atoms with Gasteiger partial charge in [0.25, 0.3) is 0 Å². The number of rotatable bonds is 6. The van der Waals surface area contributed by atoms with Gasteiger partial charge in [0.2, 0.25) is 0 Å². The summed E-state index contributed by atoms with van der Waals surface area (Å²) in [6.07, 6.45) is 2.77. The van der Waals surface area contributed by atoms with Gasteiger partial charge in [-0.25, -0.2) is 8.42 Å². The van der Waals surface area contributed by atoms with Gasteiger partial charge in [0, 0.05) is 38.6 Å². The monoisotopic (exact) mass is 524 g/mol. The Morgan fingerprint density at radius 2 is 2.04 bits per heavy atom. The van der Waals surface area contributed by atoms with E-state index in [1.807, 2.05) is 13.0 Å². The maximum absolute atomic E-state index is 12.6. The zero-order chi connectivity index (χ0) is 19.2. The quantitative estimate of drug-likeness (QED) is 0.339. The van der Waals surface area contributed by atoms with Crippen LogP contribution in [0.25, 0.3) is 0 Å². The molecule has 0 aromatic carbocycles. The number of guanidine groups is 1. The first kappa shape index (κ1) is 24.0. The fraction of sp³-hybridized carbons (Fsp3) is 0.667. The summed E-state index contributed by atoms with van der Waals surface area (Å²) in [5.41, 5.74) is -5.25. The molecule has 1 fully saturated rings. The molecule has 0 spiro atoms. The molecule has 0 amide bonds. The van der Waals surface area contributed by atoms with Crippen LogP contribution >= 0.6 is 24.0 Å². The minimum atomic E-state index is -5.25. The van der Waals surface area contributed by atoms with E-state index in [4.69, 9.17) is 4.42 Å². The molecular weight excluding hydrogens is 500 g/mol. The van der Waals surface area contributed by atoms with E-state index in [1.54, 1.807) is 12.3 Å². The number of piperidine rings is 1. The molecule has 0 atom stereocenters. The van der Waals surface area contributed by atoms with Crippen molar-refractivity contribution in [2.75, 3.05) is 26.2 Å². The number of hydrogen-bond acceptors (Lipinski definition) is 4. The highest BCUT2D eigenvalue weighted by Gasteiger charge is 2.50. The van der Waals surface area contributed by atoms with Crippen molar-refractivity contribution in [3.63, 3.8) is 0 Å². The van der Waals surface area contributed by atoms with Crippen molar-refractivity contribution < 1.29 is 26.0 Å². The third kappa shape index (κ3) is 6.82. The average molecular weight is 524 g/mol. The average Bonchev–Trinajstić information content (AvgIpc) is 3.08. The molecule has 12 heteroatoms. The molecule has 2 rings (SSSR count). The molecule has 1 aromatic heterocycles. The molecule has 7 nitrogen and oxygen atoms in total. The number of halogens is 4. The van der Waals surface area contributed by atoms with Crippen LogP contribution < -0.4 is 10.6 Å². The summed E-state index contributed by atoms with van der Waals surface area (Å²) >= 11 is 0. The summed E-state index contributed by atoms with van der Waals surface area (Å²) in [7, 11) is -5.25. The second-order valence-electron chi connectivity index (χ2n) is 5.86. The van der Waals surface area contributed by atoms with E-state index in [0.29, 0.717) is 29.8 Å². The molecule has 2 heterocycles. The molecule has 1 saturated heterocycles. The van der Waals surface area contributed by atoms with Gasteiger partial charge in [0.05, 0.1) is 6.26 Å². The minimum absolute atomic E-state index is 0. The number of nitrogens with zero attached hydrogens (tertiary/aromatic N) is 2. The number of sulfonamides is 1. The minimum Gasteiger partial charge on any atom is -0.469 e. The summed E-state index contributed by atoms with van der Waals surface area (Å²) in [5, 5.41) is 6.23. The Morgan fingerprint density at radius 1 is 1.37 bits per heavy atom. The van der Waals surface area contributed by atoms with E-state index in [2.05, 4.69) is 15.6 Å². The highest BCUT2D eigenvalue weighted by molar-refractivity contribution is 14.0. The van der Waals surface area contributed by atoms with Crippen LogP contribution in [0, 0.1) is 0 Å². The summed E-state index contributed by atoms with van der Waals surface area (Å²) in [6.45, 7) is 2.68. The Labute approximate surface area is 173 Å². The van der Waals surface area contributed by atoms with E-state index in [-0.39, 0.29) is 55.9 Å². The molecule has 1 aliphatic heterocycles. The van der Waals surface area contributed by atoms with Crippen molar-refractivity contribution in [1.82, 2.24) is 14.9 Å². The number of aliphatic imine (C=N–C) groups is 1. The summed E-state index contributed by atoms with van der Waals surface area (Å²) < 4.78 is 66.4. The lowest BCUT2D eigenvalue weighted by Crippen LogP contribution is -2.51. The van der Waals surface area contributed by atoms with Gasteiger partial charge in [-0.1, -0.05) is 0 Å². The van der Waals surface area contributed by atoms with Crippen LogP contribution in [0.1, 0.15) is 25.5 Å². The molecule has 156 valence electrons. The molecule has 1 aliphatic rings. The lowest BCUT2D eigenvalue weighted by molar-refractivity contribution is -0.0494. The van der Waals surface area contributed by atoms with Gasteiger partial charge in [0.1, 0.15) is 5.76 Å². The van der Waals surface area contributed by atoms with Gasteiger partial charge in [-0.3, -0.25) is 4.99 Å². The van der Waals surface area contributed by atoms with Crippen LogP contribution in [0.3, 0.4) is 0 Å². The van der Waals surface area contributed by atoms with E-state index in [1.165, 1.54) is 0 Å². The molecule has 0 bridgehead atoms. The SMILES string of the molecule is CCNC(=NCCc1ccco1)NC1CCN(S(=O)(=O)C(F)(F)F)CC1.I. The normalized spacial score (nSPS) is 17.4. The summed E-state index contributed by atoms with van der Waals surface area (Å²) in [4.78, 5) is 4.41. The van der Waals surface area contributed by atoms with Gasteiger partial charge in [-0.05, 0) is 31.9 Å². The Kier molecular flexibility index (Phi) is 9.34. The van der Waals surface area contributed by atoms with E-state index in [9.17, 15) is 21.6 Å². The Hall–Kier alpha value is -1.02. The van der Waals surface area contributed by atoms with Gasteiger partial charge >= 0.3 is 15.5 Å². The second kappa shape index (κ2) is 10.5. The van der Waals surface area contributed by atoms with E-state index in [0.717, 1.165) is 5.76 Å². The van der Waals surface area contributed by atoms with Crippen molar-refractivity contribution in [1.29, 1.82) is 0 Å². The fourth-order valence-electron chi connectivity index (χ4n) is 2.63. The van der Waals surface area contributed by atoms with Crippen LogP contribution in [0.2, 0.25) is 0 Å². The Balaban J connectivity index is 0.00000364. The predicted octanol–water partition coefficient (Wildman–Crippen LogP) is 2.31. The zero-order valence-electron chi connectivity index (χ0n) is 14.8. The molecule has 0 saturated carbocycles. The van der Waals surface area contributed by atoms with Crippen LogP contribution in [0.5, 0.6) is 0 Å². The highest BCUT2D eigenvalue weighted by Crippen LogP contribution is 2.28. The standard InChI is InChI=1S/C15H23F3N4O3S.HI/c1-2-19-14(20-8-5-13-4-3-11-25-13)21-12-6-9-22(10-7-12)26(23,24)15(16,17)18;/h3-4,11-12H,2,5-10H2,1H3,(H2,19,20,21);1H. The van der Waals surface area contributed by atoms with Crippen LogP contribution in [-0.4, -0.2) is 56.4 Å². The fourth-order valence-corrected chi connectivity index (χ4v) is 3.62. The van der Waals surface area contributed by atoms with Crippen molar-refractivity contribution in [3.05, 3.63) is 24.2 Å². The maximum Gasteiger partial charge on any atom is 0.511 e. The number of hydrogen-bond donors (Lipinski definition) is 2.